The number of alkyl halides is 12. The quantitative estimate of drug-likeness (QED) is 0.113. The number of phenolic OH excluding ortho intramolecular Hbond substituents is 1. The summed E-state index contributed by atoms with van der Waals surface area (Å²) in [5.74, 6) is -5.85. The molecule has 3 fully saturated rings. The number of halogens is 12. The number of aromatic nitrogens is 3. The molecule has 0 radical (unpaired) electrons. The van der Waals surface area contributed by atoms with Crippen molar-refractivity contribution in [3.63, 3.8) is 0 Å². The van der Waals surface area contributed by atoms with Gasteiger partial charge in [0.15, 0.2) is 0 Å². The maximum absolute atomic E-state index is 13.4. The number of aryl methyl sites for hydroxylation is 3. The van der Waals surface area contributed by atoms with E-state index >= 15 is 0 Å². The molecule has 12 rings (SSSR count). The van der Waals surface area contributed by atoms with Crippen molar-refractivity contribution in [2.45, 2.75) is 140 Å². The Morgan fingerprint density at radius 3 is 1.38 bits per heavy atom. The molecule has 9 heterocycles. The number of likely N-dealkylation sites (N-methyl/N-ethyl adjacent to an activating group) is 3. The monoisotopic (exact) mass is 1440 g/mol. The van der Waals surface area contributed by atoms with Crippen LogP contribution < -0.4 is 9.47 Å². The summed E-state index contributed by atoms with van der Waals surface area (Å²) < 4.78 is 173. The third-order valence-corrected chi connectivity index (χ3v) is 21.5. The molecule has 6 aliphatic rings. The Labute approximate surface area is 581 Å². The first-order valence-electron chi connectivity index (χ1n) is 33.2. The molecule has 3 saturated heterocycles. The third-order valence-electron chi connectivity index (χ3n) is 21.5. The van der Waals surface area contributed by atoms with Crippen LogP contribution in [-0.4, -0.2) is 196 Å². The number of nitrogens with zero attached hydrogens (tertiary/aromatic N) is 9. The van der Waals surface area contributed by atoms with Crippen molar-refractivity contribution in [1.82, 2.24) is 43.1 Å². The van der Waals surface area contributed by atoms with Gasteiger partial charge in [-0.1, -0.05) is 0 Å². The molecule has 6 aliphatic heterocycles. The number of ether oxygens (including phenoxy) is 2. The molecule has 1 unspecified atom stereocenters. The Morgan fingerprint density at radius 1 is 0.471 bits per heavy atom. The predicted octanol–water partition coefficient (Wildman–Crippen LogP) is 12.9. The minimum absolute atomic E-state index is 0.0808. The number of carbonyl (C=O) groups is 6. The van der Waals surface area contributed by atoms with Gasteiger partial charge in [-0.2, -0.15) is 52.7 Å². The molecule has 3 aromatic carbocycles. The van der Waals surface area contributed by atoms with Crippen molar-refractivity contribution in [2.75, 3.05) is 94.3 Å². The number of aromatic hydroxyl groups is 1. The minimum Gasteiger partial charge on any atom is -0.507 e. The van der Waals surface area contributed by atoms with Gasteiger partial charge in [0, 0.05) is 117 Å². The molecule has 6 aromatic rings. The smallest absolute Gasteiger partial charge is 0.456 e. The van der Waals surface area contributed by atoms with E-state index in [2.05, 4.69) is 9.80 Å². The van der Waals surface area contributed by atoms with E-state index in [9.17, 15) is 86.6 Å². The van der Waals surface area contributed by atoms with Crippen LogP contribution in [0.4, 0.5) is 52.7 Å². The molecule has 30 heteroatoms. The van der Waals surface area contributed by atoms with E-state index < -0.39 is 81.4 Å². The van der Waals surface area contributed by atoms with Crippen molar-refractivity contribution in [2.24, 2.45) is 0 Å². The molecule has 0 aliphatic carbocycles. The topological polar surface area (TPSA) is 175 Å². The van der Waals surface area contributed by atoms with Crippen molar-refractivity contribution in [3.05, 3.63) is 158 Å². The van der Waals surface area contributed by atoms with Gasteiger partial charge in [-0.15, -0.1) is 0 Å². The summed E-state index contributed by atoms with van der Waals surface area (Å²) in [5, 5.41) is 9.98. The first-order valence-corrected chi connectivity index (χ1v) is 33.2. The number of ketones is 3. The van der Waals surface area contributed by atoms with E-state index in [0.717, 1.165) is 24.8 Å². The van der Waals surface area contributed by atoms with Crippen LogP contribution >= 0.6 is 0 Å². The highest BCUT2D eigenvalue weighted by Gasteiger charge is 2.54. The lowest BCUT2D eigenvalue weighted by atomic mass is 9.78. The van der Waals surface area contributed by atoms with Crippen LogP contribution in [0.1, 0.15) is 167 Å². The first kappa shape index (κ1) is 76.0. The van der Waals surface area contributed by atoms with Gasteiger partial charge in [0.05, 0.1) is 53.3 Å². The number of phenols is 1. The standard InChI is InChI=1S/C25H30F3N3O3.C24H25F6N3O3.C23H26F3N3O3/c1-16-12-17(6-7-19(16)34-5)22(33)30-10-8-24(9-11-30)20-13-18(21(32)25(26,27)28)14-31(20)23(2,3)15-29(24)4;1-14-13-31(2)22(19-7-5-17(33(14)19)20(34)24(28,29)30)8-10-32(11-9-22)21(35)15-4-6-18(36-3)16(12-15)23(25,26)27;1-14-12-16(13-15(2)19(14)30)21(32)28-8-6-22(7-9-28)18-5-4-17(20(31)23(24,25)26)29(18)11-10-27(22)3/h6-7,12-14H,8-11,15H2,1-5H3;4-7,12,14H,8-11,13H2,1-3H3;4-5,12-13,30H,6-11H2,1-3H3. The van der Waals surface area contributed by atoms with Gasteiger partial charge in [-0.3, -0.25) is 43.5 Å². The molecule has 552 valence electrons. The average Bonchev–Trinajstić information content (AvgIpc) is 1.50. The van der Waals surface area contributed by atoms with Crippen molar-refractivity contribution < 1.29 is 96.0 Å². The lowest BCUT2D eigenvalue weighted by Gasteiger charge is -2.54. The number of hydrogen-bond donors (Lipinski definition) is 1. The Balaban J connectivity index is 0.000000165. The molecule has 1 N–H and O–H groups in total. The zero-order chi connectivity index (χ0) is 75.1. The van der Waals surface area contributed by atoms with Gasteiger partial charge in [0.1, 0.15) is 17.2 Å². The lowest BCUT2D eigenvalue weighted by molar-refractivity contribution is -0.138. The van der Waals surface area contributed by atoms with Gasteiger partial charge in [-0.25, -0.2) is 0 Å². The fourth-order valence-corrected chi connectivity index (χ4v) is 16.1. The van der Waals surface area contributed by atoms with Gasteiger partial charge in [0.25, 0.3) is 35.1 Å². The predicted molar refractivity (Wildman–Crippen MR) is 350 cm³/mol. The van der Waals surface area contributed by atoms with Crippen LogP contribution in [0.3, 0.4) is 0 Å². The summed E-state index contributed by atoms with van der Waals surface area (Å²) in [5.41, 5.74) is 0.639. The molecule has 0 bridgehead atoms. The molecular formula is C72H81F12N9O9. The highest BCUT2D eigenvalue weighted by Crippen LogP contribution is 2.49. The van der Waals surface area contributed by atoms with Crippen LogP contribution in [-0.2, 0) is 34.9 Å². The van der Waals surface area contributed by atoms with Crippen LogP contribution in [0, 0.1) is 20.8 Å². The number of carbonyl (C=O) groups excluding carboxylic acids is 6. The van der Waals surface area contributed by atoms with E-state index in [0.29, 0.717) is 136 Å². The number of fused-ring (bicyclic) bond motifs is 6. The van der Waals surface area contributed by atoms with Gasteiger partial charge >= 0.3 is 24.7 Å². The second-order valence-corrected chi connectivity index (χ2v) is 28.0. The van der Waals surface area contributed by atoms with E-state index in [-0.39, 0.29) is 59.3 Å². The van der Waals surface area contributed by atoms with E-state index in [1.54, 1.807) is 74.1 Å². The lowest BCUT2D eigenvalue weighted by Crippen LogP contribution is -2.60. The van der Waals surface area contributed by atoms with Crippen LogP contribution in [0.25, 0.3) is 0 Å². The van der Waals surface area contributed by atoms with Crippen LogP contribution in [0.15, 0.2) is 85.1 Å². The highest BCUT2D eigenvalue weighted by atomic mass is 19.4. The summed E-state index contributed by atoms with van der Waals surface area (Å²) in [7, 11) is 8.44. The number of piperidine rings is 3. The van der Waals surface area contributed by atoms with Gasteiger partial charge in [-0.05, 0) is 197 Å². The minimum atomic E-state index is -5.01. The second-order valence-electron chi connectivity index (χ2n) is 28.0. The zero-order valence-corrected chi connectivity index (χ0v) is 58.2. The Bertz CT molecular complexity index is 4210. The number of Topliss-reactive ketones (excluding diaryl/α,β-unsaturated/α-hetero) is 3. The number of benzene rings is 3. The SMILES string of the molecule is COc1ccc(C(=O)N2CCC3(CC2)c2cc(C(=O)C(F)(F)F)cn2C(C)(C)CN3C)cc1C.COc1ccc(C(=O)N2CCC3(CC2)c2ccc(C(=O)C(F)(F)F)n2C(C)CN3C)cc1C(F)(F)F.Cc1cc(C(=O)N2CCC3(CC2)c2ccc(C(=O)C(F)(F)F)n2CCN3C)cc(C)c1O. The summed E-state index contributed by atoms with van der Waals surface area (Å²) in [4.78, 5) is 86.5. The molecular weight excluding hydrogens is 1360 g/mol. The first-order chi connectivity index (χ1) is 47.5. The summed E-state index contributed by atoms with van der Waals surface area (Å²) >= 11 is 0. The van der Waals surface area contributed by atoms with Crippen molar-refractivity contribution >= 4 is 35.1 Å². The zero-order valence-electron chi connectivity index (χ0n) is 58.2. The molecule has 3 aromatic heterocycles. The highest BCUT2D eigenvalue weighted by molar-refractivity contribution is 6.01. The Morgan fingerprint density at radius 2 is 0.902 bits per heavy atom. The van der Waals surface area contributed by atoms with Crippen molar-refractivity contribution in [1.29, 1.82) is 0 Å². The molecule has 102 heavy (non-hydrogen) atoms. The van der Waals surface area contributed by atoms with Crippen LogP contribution in [0.5, 0.6) is 17.2 Å². The molecule has 1 atom stereocenters. The van der Waals surface area contributed by atoms with Crippen molar-refractivity contribution in [3.8, 4) is 17.2 Å². The van der Waals surface area contributed by atoms with Crippen LogP contribution in [0.2, 0.25) is 0 Å². The summed E-state index contributed by atoms with van der Waals surface area (Å²) in [6, 6.07) is 18.4. The normalized spacial score (nSPS) is 19.6. The number of rotatable bonds is 8. The molecule has 0 saturated carbocycles. The number of hydrogen-bond acceptors (Lipinski definition) is 12. The Hall–Kier alpha value is -8.64. The van der Waals surface area contributed by atoms with Gasteiger partial charge in [0.2, 0.25) is 0 Å². The number of likely N-dealkylation sites (tertiary alicyclic amines) is 3. The summed E-state index contributed by atoms with van der Waals surface area (Å²) in [6.45, 7) is 15.0. The molecule has 18 nitrogen and oxygen atoms in total. The third kappa shape index (κ3) is 13.9. The van der Waals surface area contributed by atoms with E-state index in [4.69, 9.17) is 9.47 Å². The summed E-state index contributed by atoms with van der Waals surface area (Å²) in [6.07, 6.45) is -15.3. The average molecular weight is 1440 g/mol. The maximum atomic E-state index is 13.4. The number of methoxy groups -OCH3 is 2. The number of amides is 3. The Kier molecular flexibility index (Phi) is 20.5. The molecule has 3 spiro atoms. The van der Waals surface area contributed by atoms with E-state index in [1.807, 2.05) is 51.4 Å². The maximum Gasteiger partial charge on any atom is 0.456 e. The fourth-order valence-electron chi connectivity index (χ4n) is 16.1. The largest absolute Gasteiger partial charge is 0.507 e. The van der Waals surface area contributed by atoms with E-state index in [1.165, 1.54) is 50.6 Å². The fraction of sp³-hybridized carbons (Fsp3) is 0.500. The molecule has 3 amide bonds. The second kappa shape index (κ2) is 27.5. The van der Waals surface area contributed by atoms with Gasteiger partial charge < -0.3 is 43.0 Å².